The monoisotopic (exact) mass is 244 g/mol. The molecule has 0 aromatic heterocycles. The Kier molecular flexibility index (Phi) is 2.92. The number of rotatable bonds is 1. The minimum absolute atomic E-state index is 0.739. The van der Waals surface area contributed by atoms with Crippen molar-refractivity contribution in [3.8, 4) is 0 Å². The minimum atomic E-state index is 0.739. The maximum atomic E-state index is 5.23. The summed E-state index contributed by atoms with van der Waals surface area (Å²) in [6, 6.07) is 0. The van der Waals surface area contributed by atoms with Crippen molar-refractivity contribution in [2.45, 2.75) is 9.17 Å². The van der Waals surface area contributed by atoms with Gasteiger partial charge in [-0.15, -0.1) is 0 Å². The second-order valence-corrected chi connectivity index (χ2v) is 4.50. The molecule has 1 aliphatic rings. The molecule has 3 heteroatoms. The Hall–Kier alpha value is 1.04. The number of ether oxygens (including phenoxy) is 1. The fraction of sp³-hybridized carbons (Fsp3) is 1.00. The predicted octanol–water partition coefficient (Wildman–Crippen LogP) is 1.55. The lowest BCUT2D eigenvalue weighted by Crippen LogP contribution is -2.12. The van der Waals surface area contributed by atoms with Crippen molar-refractivity contribution in [2.24, 2.45) is 0 Å². The van der Waals surface area contributed by atoms with Crippen LogP contribution in [-0.2, 0) is 4.74 Å². The third-order valence-corrected chi connectivity index (χ3v) is 4.05. The number of thioether (sulfide) groups is 1. The van der Waals surface area contributed by atoms with E-state index in [1.54, 1.807) is 0 Å². The van der Waals surface area contributed by atoms with Crippen LogP contribution in [0.4, 0.5) is 0 Å². The first-order valence-corrected chi connectivity index (χ1v) is 5.12. The molecule has 0 spiro atoms. The molecule has 8 heavy (non-hydrogen) atoms. The van der Waals surface area contributed by atoms with Gasteiger partial charge in [0.25, 0.3) is 0 Å². The number of halogens is 1. The van der Waals surface area contributed by atoms with Crippen LogP contribution in [0, 0.1) is 0 Å². The Morgan fingerprint density at radius 2 is 2.38 bits per heavy atom. The maximum absolute atomic E-state index is 5.23. The summed E-state index contributed by atoms with van der Waals surface area (Å²) in [6.45, 7) is 1.90. The summed E-state index contributed by atoms with van der Waals surface area (Å²) in [5, 5.41) is 0.746. The Bertz CT molecular complexity index is 78.8. The van der Waals surface area contributed by atoms with Gasteiger partial charge in [-0.05, 0) is 6.26 Å². The molecule has 1 fully saturated rings. The van der Waals surface area contributed by atoms with E-state index >= 15 is 0 Å². The van der Waals surface area contributed by atoms with Gasteiger partial charge < -0.3 is 4.74 Å². The Morgan fingerprint density at radius 3 is 2.62 bits per heavy atom. The topological polar surface area (TPSA) is 9.23 Å². The first kappa shape index (κ1) is 7.15. The SMILES string of the molecule is CSC1COCC1I. The first-order chi connectivity index (χ1) is 3.84. The Labute approximate surface area is 67.7 Å². The normalized spacial score (nSPS) is 38.2. The van der Waals surface area contributed by atoms with Crippen molar-refractivity contribution in [3.05, 3.63) is 0 Å². The van der Waals surface area contributed by atoms with Crippen LogP contribution in [0.2, 0.25) is 0 Å². The lowest BCUT2D eigenvalue weighted by atomic mass is 10.4. The molecule has 1 rings (SSSR count). The van der Waals surface area contributed by atoms with Gasteiger partial charge in [-0.3, -0.25) is 0 Å². The zero-order valence-corrected chi connectivity index (χ0v) is 7.74. The molecule has 48 valence electrons. The largest absolute Gasteiger partial charge is 0.379 e. The third kappa shape index (κ3) is 1.51. The van der Waals surface area contributed by atoms with Crippen molar-refractivity contribution in [1.82, 2.24) is 0 Å². The van der Waals surface area contributed by atoms with Crippen LogP contribution in [0.3, 0.4) is 0 Å². The zero-order valence-electron chi connectivity index (χ0n) is 4.76. The Morgan fingerprint density at radius 1 is 1.62 bits per heavy atom. The average molecular weight is 244 g/mol. The number of alkyl halides is 1. The van der Waals surface area contributed by atoms with Crippen molar-refractivity contribution >= 4 is 34.4 Å². The van der Waals surface area contributed by atoms with Gasteiger partial charge in [-0.1, -0.05) is 22.6 Å². The van der Waals surface area contributed by atoms with E-state index in [-0.39, 0.29) is 0 Å². The van der Waals surface area contributed by atoms with Crippen molar-refractivity contribution in [3.63, 3.8) is 0 Å². The highest BCUT2D eigenvalue weighted by molar-refractivity contribution is 14.1. The van der Waals surface area contributed by atoms with Crippen molar-refractivity contribution in [2.75, 3.05) is 19.5 Å². The molecule has 1 aliphatic heterocycles. The van der Waals surface area contributed by atoms with E-state index in [2.05, 4.69) is 28.8 Å². The van der Waals surface area contributed by atoms with Gasteiger partial charge in [0.15, 0.2) is 0 Å². The predicted molar refractivity (Wildman–Crippen MR) is 45.9 cm³/mol. The second-order valence-electron chi connectivity index (χ2n) is 1.83. The molecule has 0 radical (unpaired) electrons. The highest BCUT2D eigenvalue weighted by Gasteiger charge is 2.23. The van der Waals surface area contributed by atoms with Crippen LogP contribution < -0.4 is 0 Å². The third-order valence-electron chi connectivity index (χ3n) is 1.27. The lowest BCUT2D eigenvalue weighted by Gasteiger charge is -2.05. The van der Waals surface area contributed by atoms with Crippen LogP contribution in [-0.4, -0.2) is 28.6 Å². The van der Waals surface area contributed by atoms with E-state index < -0.39 is 0 Å². The molecule has 1 nitrogen and oxygen atoms in total. The van der Waals surface area contributed by atoms with Crippen LogP contribution in [0.1, 0.15) is 0 Å². The molecule has 0 aromatic rings. The van der Waals surface area contributed by atoms with Crippen molar-refractivity contribution < 1.29 is 4.74 Å². The first-order valence-electron chi connectivity index (χ1n) is 2.59. The molecule has 0 saturated carbocycles. The zero-order chi connectivity index (χ0) is 5.98. The van der Waals surface area contributed by atoms with Crippen LogP contribution in [0.5, 0.6) is 0 Å². The molecule has 0 N–H and O–H groups in total. The van der Waals surface area contributed by atoms with Crippen LogP contribution >= 0.6 is 34.4 Å². The highest BCUT2D eigenvalue weighted by atomic mass is 127. The van der Waals surface area contributed by atoms with E-state index in [9.17, 15) is 0 Å². The van der Waals surface area contributed by atoms with Gasteiger partial charge in [0.05, 0.1) is 13.2 Å². The molecular formula is C5H9IOS. The van der Waals surface area contributed by atoms with Crippen LogP contribution in [0.15, 0.2) is 0 Å². The summed E-state index contributed by atoms with van der Waals surface area (Å²) < 4.78 is 5.97. The van der Waals surface area contributed by atoms with E-state index in [0.717, 1.165) is 22.4 Å². The average Bonchev–Trinajstić information content (AvgIpc) is 2.14. The highest BCUT2D eigenvalue weighted by Crippen LogP contribution is 2.24. The fourth-order valence-corrected chi connectivity index (χ4v) is 2.67. The van der Waals surface area contributed by atoms with E-state index in [1.165, 1.54) is 0 Å². The van der Waals surface area contributed by atoms with Crippen LogP contribution in [0.25, 0.3) is 0 Å². The van der Waals surface area contributed by atoms with Gasteiger partial charge in [0.1, 0.15) is 0 Å². The number of hydrogen-bond donors (Lipinski definition) is 0. The van der Waals surface area contributed by atoms with Gasteiger partial charge in [0.2, 0.25) is 0 Å². The minimum Gasteiger partial charge on any atom is -0.379 e. The van der Waals surface area contributed by atoms with E-state index in [4.69, 9.17) is 4.74 Å². The molecule has 0 aliphatic carbocycles. The summed E-state index contributed by atoms with van der Waals surface area (Å²) in [4.78, 5) is 0. The van der Waals surface area contributed by atoms with Crippen molar-refractivity contribution in [1.29, 1.82) is 0 Å². The lowest BCUT2D eigenvalue weighted by molar-refractivity contribution is 0.201. The van der Waals surface area contributed by atoms with Gasteiger partial charge in [-0.2, -0.15) is 11.8 Å². The quantitative estimate of drug-likeness (QED) is 0.511. The smallest absolute Gasteiger partial charge is 0.0596 e. The second kappa shape index (κ2) is 3.27. The maximum Gasteiger partial charge on any atom is 0.0596 e. The molecular weight excluding hydrogens is 235 g/mol. The summed E-state index contributed by atoms with van der Waals surface area (Å²) in [7, 11) is 0. The van der Waals surface area contributed by atoms with E-state index in [1.807, 2.05) is 11.8 Å². The summed E-state index contributed by atoms with van der Waals surface area (Å²) >= 11 is 4.36. The summed E-state index contributed by atoms with van der Waals surface area (Å²) in [5.74, 6) is 0. The van der Waals surface area contributed by atoms with Gasteiger partial charge in [0, 0.05) is 9.17 Å². The molecule has 0 bridgehead atoms. The molecule has 2 atom stereocenters. The molecule has 1 saturated heterocycles. The molecule has 0 aromatic carbocycles. The number of hydrogen-bond acceptors (Lipinski definition) is 2. The Balaban J connectivity index is 2.30. The molecule has 2 unspecified atom stereocenters. The summed E-state index contributed by atoms with van der Waals surface area (Å²) in [6.07, 6.45) is 2.14. The summed E-state index contributed by atoms with van der Waals surface area (Å²) in [5.41, 5.74) is 0. The van der Waals surface area contributed by atoms with Gasteiger partial charge >= 0.3 is 0 Å². The van der Waals surface area contributed by atoms with E-state index in [0.29, 0.717) is 0 Å². The van der Waals surface area contributed by atoms with Gasteiger partial charge in [-0.25, -0.2) is 0 Å². The fourth-order valence-electron chi connectivity index (χ4n) is 0.724. The standard InChI is InChI=1S/C5H9IOS/c1-8-5-3-7-2-4(5)6/h4-5H,2-3H2,1H3. The molecule has 0 amide bonds. The molecule has 1 heterocycles.